The van der Waals surface area contributed by atoms with Crippen LogP contribution in [-0.4, -0.2) is 20.9 Å². The Kier molecular flexibility index (Phi) is 2.47. The Morgan fingerprint density at radius 1 is 1.40 bits per heavy atom. The summed E-state index contributed by atoms with van der Waals surface area (Å²) in [4.78, 5) is 10.6. The standard InChI is InChI=1S/C11H9F5N2O2/c12-10(13)5-2-1-4(5)7-8(11(14,15)16)17-18(9(7)10)3-6(19)20/h4-5H,1-3H2,(H,19,20)/t4-,5+/m0/s1. The molecule has 0 spiro atoms. The molecule has 1 aromatic rings. The second kappa shape index (κ2) is 3.70. The molecular formula is C11H9F5N2O2. The lowest BCUT2D eigenvalue weighted by Gasteiger charge is -2.34. The van der Waals surface area contributed by atoms with Gasteiger partial charge in [-0.3, -0.25) is 9.48 Å². The Bertz CT molecular complexity index is 592. The fourth-order valence-corrected chi connectivity index (χ4v) is 3.09. The summed E-state index contributed by atoms with van der Waals surface area (Å²) in [6.07, 6.45) is -4.49. The highest BCUT2D eigenvalue weighted by Crippen LogP contribution is 2.63. The predicted octanol–water partition coefficient (Wildman–Crippen LogP) is 2.59. The van der Waals surface area contributed by atoms with Gasteiger partial charge in [-0.05, 0) is 18.8 Å². The van der Waals surface area contributed by atoms with E-state index in [1.165, 1.54) is 0 Å². The van der Waals surface area contributed by atoms with Gasteiger partial charge in [-0.2, -0.15) is 27.1 Å². The molecule has 2 atom stereocenters. The molecule has 0 amide bonds. The zero-order chi connectivity index (χ0) is 14.9. The number of nitrogens with zero attached hydrogens (tertiary/aromatic N) is 2. The molecule has 0 radical (unpaired) electrons. The molecule has 3 rings (SSSR count). The number of aliphatic carboxylic acids is 1. The normalized spacial score (nSPS) is 26.9. The van der Waals surface area contributed by atoms with E-state index < -0.39 is 53.4 Å². The number of carbonyl (C=O) groups is 1. The van der Waals surface area contributed by atoms with E-state index in [0.29, 0.717) is 4.68 Å². The summed E-state index contributed by atoms with van der Waals surface area (Å²) in [5.41, 5.74) is -2.76. The molecule has 1 N–H and O–H groups in total. The number of carboxylic acids is 1. The highest BCUT2D eigenvalue weighted by Gasteiger charge is 2.63. The minimum atomic E-state index is -4.87. The summed E-state index contributed by atoms with van der Waals surface area (Å²) < 4.78 is 67.2. The van der Waals surface area contributed by atoms with Gasteiger partial charge in [0.25, 0.3) is 5.92 Å². The van der Waals surface area contributed by atoms with Crippen LogP contribution in [0.5, 0.6) is 0 Å². The fourth-order valence-electron chi connectivity index (χ4n) is 3.09. The quantitative estimate of drug-likeness (QED) is 0.853. The number of halogens is 5. The second-order valence-corrected chi connectivity index (χ2v) is 5.07. The van der Waals surface area contributed by atoms with Crippen LogP contribution in [0.1, 0.15) is 35.7 Å². The smallest absolute Gasteiger partial charge is 0.435 e. The van der Waals surface area contributed by atoms with Gasteiger partial charge < -0.3 is 5.11 Å². The van der Waals surface area contributed by atoms with Gasteiger partial charge in [-0.25, -0.2) is 0 Å². The number of carboxylic acid groups (broad SMARTS) is 1. The third-order valence-electron chi connectivity index (χ3n) is 3.97. The zero-order valence-electron chi connectivity index (χ0n) is 9.92. The number of aromatic nitrogens is 2. The molecule has 0 unspecified atom stereocenters. The monoisotopic (exact) mass is 296 g/mol. The van der Waals surface area contributed by atoms with E-state index in [1.807, 2.05) is 0 Å². The number of hydrogen-bond donors (Lipinski definition) is 1. The van der Waals surface area contributed by atoms with Crippen molar-refractivity contribution in [2.75, 3.05) is 0 Å². The molecule has 1 fully saturated rings. The van der Waals surface area contributed by atoms with Crippen LogP contribution in [0.2, 0.25) is 0 Å². The average Bonchev–Trinajstić information content (AvgIpc) is 2.59. The largest absolute Gasteiger partial charge is 0.480 e. The van der Waals surface area contributed by atoms with Gasteiger partial charge in [0.15, 0.2) is 5.69 Å². The SMILES string of the molecule is O=C(O)Cn1nc(C(F)(F)F)c2c1C(F)(F)[C@@H]1CC[C@H]21. The van der Waals surface area contributed by atoms with Crippen molar-refractivity contribution in [3.63, 3.8) is 0 Å². The molecule has 0 saturated heterocycles. The van der Waals surface area contributed by atoms with E-state index in [9.17, 15) is 26.7 Å². The van der Waals surface area contributed by atoms with Crippen LogP contribution in [-0.2, 0) is 23.4 Å². The van der Waals surface area contributed by atoms with Crippen molar-refractivity contribution >= 4 is 5.97 Å². The number of rotatable bonds is 2. The molecule has 1 heterocycles. The van der Waals surface area contributed by atoms with Crippen molar-refractivity contribution in [2.24, 2.45) is 5.92 Å². The van der Waals surface area contributed by atoms with Crippen LogP contribution in [0.15, 0.2) is 0 Å². The molecule has 20 heavy (non-hydrogen) atoms. The minimum absolute atomic E-state index is 0.136. The van der Waals surface area contributed by atoms with Crippen LogP contribution in [0.25, 0.3) is 0 Å². The molecule has 0 aromatic carbocycles. The maximum absolute atomic E-state index is 14.1. The third kappa shape index (κ3) is 1.58. The topological polar surface area (TPSA) is 55.1 Å². The first kappa shape index (κ1) is 13.3. The molecular weight excluding hydrogens is 287 g/mol. The first-order valence-electron chi connectivity index (χ1n) is 5.92. The molecule has 0 aliphatic heterocycles. The van der Waals surface area contributed by atoms with Gasteiger partial charge in [-0.15, -0.1) is 0 Å². The van der Waals surface area contributed by atoms with Crippen molar-refractivity contribution in [3.05, 3.63) is 17.0 Å². The van der Waals surface area contributed by atoms with Gasteiger partial charge >= 0.3 is 12.1 Å². The summed E-state index contributed by atoms with van der Waals surface area (Å²) >= 11 is 0. The first-order chi connectivity index (χ1) is 9.14. The summed E-state index contributed by atoms with van der Waals surface area (Å²) in [7, 11) is 0. The van der Waals surface area contributed by atoms with Crippen molar-refractivity contribution in [3.8, 4) is 0 Å². The first-order valence-corrected chi connectivity index (χ1v) is 5.92. The maximum Gasteiger partial charge on any atom is 0.435 e. The Morgan fingerprint density at radius 3 is 2.50 bits per heavy atom. The summed E-state index contributed by atoms with van der Waals surface area (Å²) in [5, 5.41) is 11.7. The van der Waals surface area contributed by atoms with Crippen molar-refractivity contribution in [1.82, 2.24) is 9.78 Å². The second-order valence-electron chi connectivity index (χ2n) is 5.07. The summed E-state index contributed by atoms with van der Waals surface area (Å²) in [5.74, 6) is -7.01. The van der Waals surface area contributed by atoms with E-state index in [1.54, 1.807) is 0 Å². The zero-order valence-corrected chi connectivity index (χ0v) is 9.92. The maximum atomic E-state index is 14.1. The van der Waals surface area contributed by atoms with E-state index in [2.05, 4.69) is 5.10 Å². The van der Waals surface area contributed by atoms with Crippen LogP contribution >= 0.6 is 0 Å². The Labute approximate surface area is 109 Å². The highest BCUT2D eigenvalue weighted by molar-refractivity contribution is 5.66. The highest BCUT2D eigenvalue weighted by atomic mass is 19.4. The van der Waals surface area contributed by atoms with Gasteiger partial charge in [0.2, 0.25) is 0 Å². The molecule has 2 aliphatic carbocycles. The van der Waals surface area contributed by atoms with Gasteiger partial charge in [0.1, 0.15) is 12.2 Å². The van der Waals surface area contributed by atoms with Crippen LogP contribution in [0, 0.1) is 5.92 Å². The predicted molar refractivity (Wildman–Crippen MR) is 54.2 cm³/mol. The fraction of sp³-hybridized carbons (Fsp3) is 0.636. The van der Waals surface area contributed by atoms with Crippen molar-refractivity contribution in [1.29, 1.82) is 0 Å². The molecule has 0 bridgehead atoms. The van der Waals surface area contributed by atoms with Crippen LogP contribution in [0.3, 0.4) is 0 Å². The molecule has 1 saturated carbocycles. The van der Waals surface area contributed by atoms with Crippen molar-refractivity contribution < 1.29 is 31.9 Å². The lowest BCUT2D eigenvalue weighted by Crippen LogP contribution is -2.33. The molecule has 110 valence electrons. The van der Waals surface area contributed by atoms with E-state index in [0.717, 1.165) is 0 Å². The summed E-state index contributed by atoms with van der Waals surface area (Å²) in [6.45, 7) is -1.01. The number of alkyl halides is 5. The summed E-state index contributed by atoms with van der Waals surface area (Å²) in [6, 6.07) is 0. The minimum Gasteiger partial charge on any atom is -0.480 e. The van der Waals surface area contributed by atoms with Crippen LogP contribution < -0.4 is 0 Å². The molecule has 4 nitrogen and oxygen atoms in total. The van der Waals surface area contributed by atoms with Crippen LogP contribution in [0.4, 0.5) is 22.0 Å². The Balaban J connectivity index is 2.21. The van der Waals surface area contributed by atoms with Crippen molar-refractivity contribution in [2.45, 2.75) is 37.4 Å². The lowest BCUT2D eigenvalue weighted by molar-refractivity contribution is -0.145. The molecule has 9 heteroatoms. The van der Waals surface area contributed by atoms with Gasteiger partial charge in [-0.1, -0.05) is 0 Å². The van der Waals surface area contributed by atoms with Gasteiger partial charge in [0.05, 0.1) is 0 Å². The average molecular weight is 296 g/mol. The Morgan fingerprint density at radius 2 is 2.05 bits per heavy atom. The Hall–Kier alpha value is -1.67. The molecule has 2 aliphatic rings. The molecule has 1 aromatic heterocycles. The van der Waals surface area contributed by atoms with Gasteiger partial charge in [0, 0.05) is 11.5 Å². The number of hydrogen-bond acceptors (Lipinski definition) is 2. The van der Waals surface area contributed by atoms with E-state index >= 15 is 0 Å². The number of fused-ring (bicyclic) bond motifs is 3. The lowest BCUT2D eigenvalue weighted by atomic mass is 9.73. The third-order valence-corrected chi connectivity index (χ3v) is 3.97. The van der Waals surface area contributed by atoms with E-state index in [4.69, 9.17) is 5.11 Å². The van der Waals surface area contributed by atoms with E-state index in [-0.39, 0.29) is 12.8 Å².